The Bertz CT molecular complexity index is 967. The van der Waals surface area contributed by atoms with E-state index < -0.39 is 0 Å². The zero-order chi connectivity index (χ0) is 22.6. The summed E-state index contributed by atoms with van der Waals surface area (Å²) in [5.41, 5.74) is 7.53. The number of anilines is 2. The summed E-state index contributed by atoms with van der Waals surface area (Å²) in [7, 11) is 2.13. The fourth-order valence-electron chi connectivity index (χ4n) is 3.82. The maximum absolute atomic E-state index is 7.06. The fraction of sp³-hybridized carbons (Fsp3) is 0.300. The van der Waals surface area contributed by atoms with Crippen molar-refractivity contribution in [2.75, 3.05) is 11.9 Å². The highest BCUT2D eigenvalue weighted by molar-refractivity contribution is 5.71. The van der Waals surface area contributed by atoms with Crippen LogP contribution in [0.4, 0.5) is 11.4 Å². The third-order valence-electron chi connectivity index (χ3n) is 5.96. The van der Waals surface area contributed by atoms with Gasteiger partial charge in [-0.25, -0.2) is 0 Å². The second-order valence-corrected chi connectivity index (χ2v) is 8.57. The molecule has 1 N–H and O–H groups in total. The van der Waals surface area contributed by atoms with Crippen LogP contribution in [0.1, 0.15) is 60.8 Å². The van der Waals surface area contributed by atoms with Crippen molar-refractivity contribution in [2.45, 2.75) is 51.9 Å². The zero-order valence-electron chi connectivity index (χ0n) is 19.6. The summed E-state index contributed by atoms with van der Waals surface area (Å²) < 4.78 is 0. The number of unbranched alkanes of at least 4 members (excludes halogenated alkanes) is 5. The molecule has 3 rings (SSSR count). The van der Waals surface area contributed by atoms with Crippen molar-refractivity contribution in [3.8, 4) is 0 Å². The lowest BCUT2D eigenvalue weighted by atomic mass is 10.0. The Balaban J connectivity index is 1.49. The Morgan fingerprint density at radius 2 is 1.16 bits per heavy atom. The van der Waals surface area contributed by atoms with Gasteiger partial charge in [0.1, 0.15) is 0 Å². The SMILES string of the molecule is Cc1ccc(/C=C/c2ccc(N(C)c3ccc(CCCCCCCC=N)cc3)cc2)cc1. The van der Waals surface area contributed by atoms with Gasteiger partial charge in [0.05, 0.1) is 0 Å². The third kappa shape index (κ3) is 7.53. The highest BCUT2D eigenvalue weighted by Gasteiger charge is 2.04. The van der Waals surface area contributed by atoms with Crippen molar-refractivity contribution in [1.82, 2.24) is 0 Å². The topological polar surface area (TPSA) is 27.1 Å². The largest absolute Gasteiger partial charge is 0.345 e. The molecule has 2 heteroatoms. The molecule has 0 bridgehead atoms. The summed E-state index contributed by atoms with van der Waals surface area (Å²) in [5.74, 6) is 0. The van der Waals surface area contributed by atoms with Gasteiger partial charge < -0.3 is 10.3 Å². The van der Waals surface area contributed by atoms with Crippen LogP contribution in [0.2, 0.25) is 0 Å². The van der Waals surface area contributed by atoms with Crippen LogP contribution in [-0.4, -0.2) is 13.3 Å². The Hall–Kier alpha value is -3.13. The molecule has 0 saturated carbocycles. The van der Waals surface area contributed by atoms with E-state index in [4.69, 9.17) is 5.41 Å². The molecule has 0 fully saturated rings. The quantitative estimate of drug-likeness (QED) is 0.176. The number of hydrogen-bond acceptors (Lipinski definition) is 2. The van der Waals surface area contributed by atoms with Crippen LogP contribution in [-0.2, 0) is 6.42 Å². The molecule has 0 radical (unpaired) electrons. The molecule has 0 aliphatic heterocycles. The average Bonchev–Trinajstić information content (AvgIpc) is 2.83. The average molecular weight is 425 g/mol. The van der Waals surface area contributed by atoms with Crippen molar-refractivity contribution >= 4 is 29.7 Å². The number of nitrogens with zero attached hydrogens (tertiary/aromatic N) is 1. The van der Waals surface area contributed by atoms with E-state index in [9.17, 15) is 0 Å². The van der Waals surface area contributed by atoms with E-state index in [1.54, 1.807) is 0 Å². The molecule has 2 nitrogen and oxygen atoms in total. The molecule has 0 saturated heterocycles. The van der Waals surface area contributed by atoms with Gasteiger partial charge in [-0.05, 0) is 79.8 Å². The Morgan fingerprint density at radius 1 is 0.656 bits per heavy atom. The predicted molar refractivity (Wildman–Crippen MR) is 141 cm³/mol. The van der Waals surface area contributed by atoms with Gasteiger partial charge in [-0.2, -0.15) is 0 Å². The minimum Gasteiger partial charge on any atom is -0.345 e. The van der Waals surface area contributed by atoms with Crippen LogP contribution in [0, 0.1) is 12.3 Å². The first-order chi connectivity index (χ1) is 15.7. The molecule has 3 aromatic rings. The van der Waals surface area contributed by atoms with Gasteiger partial charge in [0.25, 0.3) is 0 Å². The van der Waals surface area contributed by atoms with E-state index in [0.717, 1.165) is 19.3 Å². The summed E-state index contributed by atoms with van der Waals surface area (Å²) in [6.07, 6.45) is 14.2. The number of hydrogen-bond donors (Lipinski definition) is 1. The minimum atomic E-state index is 0.932. The Labute approximate surface area is 194 Å². The molecule has 166 valence electrons. The van der Waals surface area contributed by atoms with Gasteiger partial charge in [-0.1, -0.05) is 85.5 Å². The normalized spacial score (nSPS) is 11.1. The number of aryl methyl sites for hydroxylation is 2. The van der Waals surface area contributed by atoms with Gasteiger partial charge >= 0.3 is 0 Å². The number of rotatable bonds is 12. The van der Waals surface area contributed by atoms with Crippen molar-refractivity contribution in [2.24, 2.45) is 0 Å². The molecule has 0 heterocycles. The third-order valence-corrected chi connectivity index (χ3v) is 5.96. The standard InChI is InChI=1S/C30H36N2/c1-25-10-12-27(13-11-25)14-15-28-18-22-30(23-19-28)32(2)29-20-16-26(17-21-29)9-7-5-3-4-6-8-24-31/h10-24,31H,3-9H2,1-2H3/b15-14+,31-24?. The smallest absolute Gasteiger partial charge is 0.0408 e. The lowest BCUT2D eigenvalue weighted by Crippen LogP contribution is -2.09. The molecule has 32 heavy (non-hydrogen) atoms. The van der Waals surface area contributed by atoms with Crippen molar-refractivity contribution in [1.29, 1.82) is 5.41 Å². The summed E-state index contributed by atoms with van der Waals surface area (Å²) in [6.45, 7) is 2.11. The van der Waals surface area contributed by atoms with Crippen molar-refractivity contribution in [3.63, 3.8) is 0 Å². The first-order valence-electron chi connectivity index (χ1n) is 11.8. The second kappa shape index (κ2) is 12.7. The highest BCUT2D eigenvalue weighted by atomic mass is 15.1. The van der Waals surface area contributed by atoms with E-state index in [2.05, 4.69) is 104 Å². The molecule has 0 aromatic heterocycles. The Kier molecular flexibility index (Phi) is 9.31. The van der Waals surface area contributed by atoms with E-state index in [1.165, 1.54) is 65.5 Å². The number of nitrogens with one attached hydrogen (secondary N) is 1. The molecule has 0 atom stereocenters. The fourth-order valence-corrected chi connectivity index (χ4v) is 3.82. The van der Waals surface area contributed by atoms with Gasteiger partial charge in [0, 0.05) is 18.4 Å². The van der Waals surface area contributed by atoms with Crippen LogP contribution >= 0.6 is 0 Å². The van der Waals surface area contributed by atoms with Crippen LogP contribution < -0.4 is 4.90 Å². The molecule has 3 aromatic carbocycles. The van der Waals surface area contributed by atoms with Crippen LogP contribution in [0.5, 0.6) is 0 Å². The molecule has 0 unspecified atom stereocenters. The molecule has 0 spiro atoms. The Morgan fingerprint density at radius 3 is 1.75 bits per heavy atom. The highest BCUT2D eigenvalue weighted by Crippen LogP contribution is 2.25. The van der Waals surface area contributed by atoms with Gasteiger partial charge in [0.15, 0.2) is 0 Å². The summed E-state index contributed by atoms with van der Waals surface area (Å²) >= 11 is 0. The van der Waals surface area contributed by atoms with Crippen molar-refractivity contribution in [3.05, 3.63) is 95.1 Å². The summed E-state index contributed by atoms with van der Waals surface area (Å²) in [4.78, 5) is 2.24. The van der Waals surface area contributed by atoms with Gasteiger partial charge in [0.2, 0.25) is 0 Å². The second-order valence-electron chi connectivity index (χ2n) is 8.57. The maximum atomic E-state index is 7.06. The first-order valence-corrected chi connectivity index (χ1v) is 11.8. The molecular formula is C30H36N2. The van der Waals surface area contributed by atoms with E-state index in [1.807, 2.05) is 0 Å². The van der Waals surface area contributed by atoms with E-state index in [-0.39, 0.29) is 0 Å². The molecule has 0 aliphatic rings. The first kappa shape index (κ1) is 23.5. The van der Waals surface area contributed by atoms with Gasteiger partial charge in [-0.15, -0.1) is 0 Å². The van der Waals surface area contributed by atoms with E-state index in [0.29, 0.717) is 0 Å². The predicted octanol–water partition coefficient (Wildman–Crippen LogP) is 8.47. The van der Waals surface area contributed by atoms with Gasteiger partial charge in [-0.3, -0.25) is 0 Å². The lowest BCUT2D eigenvalue weighted by molar-refractivity contribution is 0.623. The summed E-state index contributed by atoms with van der Waals surface area (Å²) in [5, 5.41) is 7.06. The molecule has 0 aliphatic carbocycles. The van der Waals surface area contributed by atoms with Crippen molar-refractivity contribution < 1.29 is 0 Å². The van der Waals surface area contributed by atoms with E-state index >= 15 is 0 Å². The maximum Gasteiger partial charge on any atom is 0.0408 e. The monoisotopic (exact) mass is 424 g/mol. The molecule has 0 amide bonds. The lowest BCUT2D eigenvalue weighted by Gasteiger charge is -2.20. The van der Waals surface area contributed by atoms with Crippen LogP contribution in [0.15, 0.2) is 72.8 Å². The number of benzene rings is 3. The minimum absolute atomic E-state index is 0.932. The summed E-state index contributed by atoms with van der Waals surface area (Å²) in [6, 6.07) is 26.3. The van der Waals surface area contributed by atoms with Crippen LogP contribution in [0.3, 0.4) is 0 Å². The van der Waals surface area contributed by atoms with Crippen LogP contribution in [0.25, 0.3) is 12.2 Å². The zero-order valence-corrected chi connectivity index (χ0v) is 19.6. The molecular weight excluding hydrogens is 388 g/mol.